The highest BCUT2D eigenvalue weighted by Crippen LogP contribution is 2.62. The third-order valence-electron chi connectivity index (χ3n) is 7.60. The topological polar surface area (TPSA) is 69.7 Å². The summed E-state index contributed by atoms with van der Waals surface area (Å²) in [5.41, 5.74) is -0.348. The van der Waals surface area contributed by atoms with Crippen molar-refractivity contribution in [2.45, 2.75) is 52.4 Å². The van der Waals surface area contributed by atoms with Crippen LogP contribution in [0.4, 0.5) is 0 Å². The Hall–Kier alpha value is -1.39. The zero-order valence-electron chi connectivity index (χ0n) is 14.7. The van der Waals surface area contributed by atoms with Crippen LogP contribution in [0.1, 0.15) is 52.4 Å². The molecule has 5 nitrogen and oxygen atoms in total. The molecule has 0 heterocycles. The number of carbonyl (C=O) groups is 3. The standard InChI is InChI=1S/C19H28O5/c1-18-8-7-16-14(15(18)5-6-17(18)22)4-3-13(9-23-11-20)19(16,2)10-24-12-21/h11-16H,3-10H2,1-2H3/t13-,14-,15-,16-,18-,19-/m0/s1. The number of hydrogen-bond acceptors (Lipinski definition) is 5. The van der Waals surface area contributed by atoms with Gasteiger partial charge < -0.3 is 9.47 Å². The summed E-state index contributed by atoms with van der Waals surface area (Å²) >= 11 is 0. The average molecular weight is 336 g/mol. The first-order chi connectivity index (χ1) is 11.5. The normalized spacial score (nSPS) is 44.3. The van der Waals surface area contributed by atoms with Crippen molar-refractivity contribution < 1.29 is 23.9 Å². The van der Waals surface area contributed by atoms with E-state index in [1.54, 1.807) is 0 Å². The molecule has 0 spiro atoms. The minimum absolute atomic E-state index is 0.153. The molecule has 134 valence electrons. The lowest BCUT2D eigenvalue weighted by Gasteiger charge is -2.57. The van der Waals surface area contributed by atoms with Gasteiger partial charge in [-0.2, -0.15) is 0 Å². The van der Waals surface area contributed by atoms with Crippen LogP contribution in [0, 0.1) is 34.5 Å². The van der Waals surface area contributed by atoms with Gasteiger partial charge in [-0.05, 0) is 49.9 Å². The van der Waals surface area contributed by atoms with Gasteiger partial charge in [0.1, 0.15) is 5.78 Å². The third-order valence-corrected chi connectivity index (χ3v) is 7.60. The maximum Gasteiger partial charge on any atom is 0.293 e. The Morgan fingerprint density at radius 2 is 1.79 bits per heavy atom. The first kappa shape index (κ1) is 17.4. The summed E-state index contributed by atoms with van der Waals surface area (Å²) in [6.07, 6.45) is 5.64. The second-order valence-corrected chi connectivity index (χ2v) is 8.41. The van der Waals surface area contributed by atoms with Crippen LogP contribution in [0.2, 0.25) is 0 Å². The third kappa shape index (κ3) is 2.56. The van der Waals surface area contributed by atoms with E-state index in [4.69, 9.17) is 9.47 Å². The Morgan fingerprint density at radius 1 is 1.04 bits per heavy atom. The van der Waals surface area contributed by atoms with E-state index in [0.29, 0.717) is 56.1 Å². The van der Waals surface area contributed by atoms with Gasteiger partial charge in [0.15, 0.2) is 0 Å². The molecule has 24 heavy (non-hydrogen) atoms. The van der Waals surface area contributed by atoms with Crippen molar-refractivity contribution in [3.63, 3.8) is 0 Å². The fraction of sp³-hybridized carbons (Fsp3) is 0.842. The van der Waals surface area contributed by atoms with E-state index in [2.05, 4.69) is 13.8 Å². The minimum atomic E-state index is -0.195. The minimum Gasteiger partial charge on any atom is -0.468 e. The van der Waals surface area contributed by atoms with E-state index in [0.717, 1.165) is 32.1 Å². The number of ketones is 1. The molecule has 6 atom stereocenters. The van der Waals surface area contributed by atoms with E-state index in [9.17, 15) is 14.4 Å². The molecular weight excluding hydrogens is 308 g/mol. The Morgan fingerprint density at radius 3 is 2.50 bits per heavy atom. The number of rotatable bonds is 6. The molecule has 0 aromatic carbocycles. The smallest absolute Gasteiger partial charge is 0.293 e. The number of hydrogen-bond donors (Lipinski definition) is 0. The summed E-state index contributed by atoms with van der Waals surface area (Å²) in [4.78, 5) is 33.8. The van der Waals surface area contributed by atoms with Crippen LogP contribution in [0.25, 0.3) is 0 Å². The van der Waals surface area contributed by atoms with E-state index in [1.807, 2.05) is 0 Å². The summed E-state index contributed by atoms with van der Waals surface area (Å²) in [5, 5.41) is 0. The van der Waals surface area contributed by atoms with Crippen LogP contribution in [0.5, 0.6) is 0 Å². The molecule has 3 aliphatic carbocycles. The van der Waals surface area contributed by atoms with Crippen LogP contribution in [-0.4, -0.2) is 31.9 Å². The van der Waals surface area contributed by atoms with Crippen molar-refractivity contribution in [2.24, 2.45) is 34.5 Å². The van der Waals surface area contributed by atoms with Gasteiger partial charge in [-0.25, -0.2) is 0 Å². The molecule has 0 aliphatic heterocycles. The van der Waals surface area contributed by atoms with Gasteiger partial charge in [0.2, 0.25) is 0 Å². The van der Waals surface area contributed by atoms with Crippen molar-refractivity contribution >= 4 is 18.7 Å². The Bertz CT molecular complexity index is 518. The van der Waals surface area contributed by atoms with Crippen LogP contribution < -0.4 is 0 Å². The van der Waals surface area contributed by atoms with E-state index in [1.165, 1.54) is 0 Å². The van der Waals surface area contributed by atoms with Crippen molar-refractivity contribution in [1.82, 2.24) is 0 Å². The van der Waals surface area contributed by atoms with Crippen molar-refractivity contribution in [1.29, 1.82) is 0 Å². The molecule has 0 amide bonds. The lowest BCUT2D eigenvalue weighted by molar-refractivity contribution is -0.158. The van der Waals surface area contributed by atoms with Gasteiger partial charge >= 0.3 is 0 Å². The summed E-state index contributed by atoms with van der Waals surface area (Å²) in [6.45, 7) is 6.09. The molecule has 0 bridgehead atoms. The maximum atomic E-state index is 12.4. The largest absolute Gasteiger partial charge is 0.468 e. The second-order valence-electron chi connectivity index (χ2n) is 8.41. The van der Waals surface area contributed by atoms with Crippen molar-refractivity contribution in [3.05, 3.63) is 0 Å². The van der Waals surface area contributed by atoms with Gasteiger partial charge in [-0.1, -0.05) is 13.8 Å². The lowest BCUT2D eigenvalue weighted by Crippen LogP contribution is -2.54. The monoisotopic (exact) mass is 336 g/mol. The lowest BCUT2D eigenvalue weighted by atomic mass is 9.48. The van der Waals surface area contributed by atoms with E-state index in [-0.39, 0.29) is 16.7 Å². The molecule has 0 N–H and O–H groups in total. The molecule has 0 unspecified atom stereocenters. The van der Waals surface area contributed by atoms with E-state index < -0.39 is 0 Å². The van der Waals surface area contributed by atoms with Gasteiger partial charge in [0, 0.05) is 23.2 Å². The fourth-order valence-electron chi connectivity index (χ4n) is 6.17. The van der Waals surface area contributed by atoms with Crippen LogP contribution >= 0.6 is 0 Å². The number of fused-ring (bicyclic) bond motifs is 3. The summed E-state index contributed by atoms with van der Waals surface area (Å²) in [7, 11) is 0. The Labute approximate surface area is 143 Å². The quantitative estimate of drug-likeness (QED) is 0.698. The van der Waals surface area contributed by atoms with Crippen LogP contribution in [0.3, 0.4) is 0 Å². The molecule has 3 fully saturated rings. The molecule has 3 rings (SSSR count). The molecule has 5 heteroatoms. The van der Waals surface area contributed by atoms with Gasteiger partial charge in [-0.15, -0.1) is 0 Å². The number of Topliss-reactive ketones (excluding diaryl/α,β-unsaturated/α-hetero) is 1. The highest BCUT2D eigenvalue weighted by Gasteiger charge is 2.59. The molecule has 3 aliphatic rings. The average Bonchev–Trinajstić information content (AvgIpc) is 2.88. The number of carbonyl (C=O) groups excluding carboxylic acids is 3. The van der Waals surface area contributed by atoms with Crippen molar-refractivity contribution in [3.8, 4) is 0 Å². The van der Waals surface area contributed by atoms with Crippen molar-refractivity contribution in [2.75, 3.05) is 13.2 Å². The summed E-state index contributed by atoms with van der Waals surface area (Å²) < 4.78 is 10.3. The molecule has 0 saturated heterocycles. The zero-order chi connectivity index (χ0) is 17.4. The summed E-state index contributed by atoms with van der Waals surface area (Å²) in [5.74, 6) is 2.00. The van der Waals surface area contributed by atoms with E-state index >= 15 is 0 Å². The van der Waals surface area contributed by atoms with Gasteiger partial charge in [0.05, 0.1) is 13.2 Å². The second kappa shape index (κ2) is 6.49. The van der Waals surface area contributed by atoms with Crippen LogP contribution in [0.15, 0.2) is 0 Å². The highest BCUT2D eigenvalue weighted by atomic mass is 16.5. The summed E-state index contributed by atoms with van der Waals surface area (Å²) in [6, 6.07) is 0. The molecule has 0 aromatic rings. The van der Waals surface area contributed by atoms with Gasteiger partial charge in [-0.3, -0.25) is 14.4 Å². The maximum absolute atomic E-state index is 12.4. The predicted octanol–water partition coefficient (Wildman–Crippen LogP) is 2.76. The molecule has 3 saturated carbocycles. The van der Waals surface area contributed by atoms with Crippen LogP contribution in [-0.2, 0) is 23.9 Å². The Kier molecular flexibility index (Phi) is 4.71. The first-order valence-corrected chi connectivity index (χ1v) is 9.11. The van der Waals surface area contributed by atoms with Gasteiger partial charge in [0.25, 0.3) is 12.9 Å². The molecule has 0 aromatic heterocycles. The predicted molar refractivity (Wildman–Crippen MR) is 86.9 cm³/mol. The molecular formula is C19H28O5. The first-order valence-electron chi connectivity index (χ1n) is 9.11. The highest BCUT2D eigenvalue weighted by molar-refractivity contribution is 5.87. The SMILES string of the molecule is C[C@]1(COC=O)[C@H](COC=O)CC[C@@H]2[C@@H]1CC[C@]1(C)C(=O)CC[C@@H]21. The molecule has 0 radical (unpaired) electrons. The Balaban J connectivity index is 1.86. The fourth-order valence-corrected chi connectivity index (χ4v) is 6.17. The zero-order valence-corrected chi connectivity index (χ0v) is 14.7. The number of ether oxygens (including phenoxy) is 2.